The van der Waals surface area contributed by atoms with Crippen LogP contribution in [-0.2, 0) is 18.3 Å². The number of imidazole rings is 1. The average Bonchev–Trinajstić information content (AvgIpc) is 3.39. The number of nitrogens with one attached hydrogen (secondary N) is 1. The molecule has 1 aliphatic heterocycles. The molecule has 3 N–H and O–H groups in total. The van der Waals surface area contributed by atoms with Crippen molar-refractivity contribution in [1.82, 2.24) is 24.0 Å². The highest BCUT2D eigenvalue weighted by Crippen LogP contribution is 2.34. The Morgan fingerprint density at radius 1 is 1.25 bits per heavy atom. The summed E-state index contributed by atoms with van der Waals surface area (Å²) in [4.78, 5) is 45.9. The molecule has 4 heterocycles. The lowest BCUT2D eigenvalue weighted by atomic mass is 10.1. The fourth-order valence-corrected chi connectivity index (χ4v) is 5.06. The third kappa shape index (κ3) is 3.96. The first-order chi connectivity index (χ1) is 17.3. The van der Waals surface area contributed by atoms with E-state index in [1.807, 2.05) is 29.2 Å². The number of methoxy groups -OCH3 is 1. The molecule has 0 spiro atoms. The molecule has 188 valence electrons. The van der Waals surface area contributed by atoms with E-state index in [0.29, 0.717) is 48.6 Å². The van der Waals surface area contributed by atoms with Crippen LogP contribution >= 0.6 is 0 Å². The van der Waals surface area contributed by atoms with Crippen LogP contribution in [0.3, 0.4) is 0 Å². The van der Waals surface area contributed by atoms with Crippen molar-refractivity contribution in [3.8, 4) is 17.3 Å². The molecular formula is C25H28N6O5. The van der Waals surface area contributed by atoms with Gasteiger partial charge in [-0.1, -0.05) is 0 Å². The number of ether oxygens (including phenoxy) is 2. The molecule has 0 saturated carbocycles. The number of hydrogen-bond donors (Lipinski definition) is 2. The van der Waals surface area contributed by atoms with Crippen molar-refractivity contribution in [2.75, 3.05) is 20.2 Å². The molecule has 11 nitrogen and oxygen atoms in total. The van der Waals surface area contributed by atoms with E-state index < -0.39 is 12.2 Å². The van der Waals surface area contributed by atoms with Gasteiger partial charge in [-0.25, -0.2) is 9.78 Å². The number of likely N-dealkylation sites (tertiary alicyclic amines) is 1. The highest BCUT2D eigenvalue weighted by atomic mass is 16.6. The zero-order valence-electron chi connectivity index (χ0n) is 20.4. The molecule has 1 saturated heterocycles. The lowest BCUT2D eigenvalue weighted by Gasteiger charge is -2.32. The number of amides is 2. The van der Waals surface area contributed by atoms with Crippen LogP contribution in [0, 0.1) is 0 Å². The minimum absolute atomic E-state index is 0.169. The van der Waals surface area contributed by atoms with Gasteiger partial charge in [0.25, 0.3) is 5.91 Å². The van der Waals surface area contributed by atoms with Crippen LogP contribution in [0.15, 0.2) is 35.1 Å². The summed E-state index contributed by atoms with van der Waals surface area (Å²) in [6, 6.07) is 8.74. The number of fused-ring (bicyclic) bond motifs is 2. The maximum atomic E-state index is 13.4. The largest absolute Gasteiger partial charge is 0.494 e. The number of rotatable bonds is 5. The predicted molar refractivity (Wildman–Crippen MR) is 134 cm³/mol. The Kier molecular flexibility index (Phi) is 5.91. The molecule has 1 unspecified atom stereocenters. The second-order valence-corrected chi connectivity index (χ2v) is 8.89. The predicted octanol–water partition coefficient (Wildman–Crippen LogP) is 2.61. The fourth-order valence-electron chi connectivity index (χ4n) is 5.06. The van der Waals surface area contributed by atoms with Gasteiger partial charge in [-0.15, -0.1) is 0 Å². The van der Waals surface area contributed by atoms with Gasteiger partial charge in [-0.3, -0.25) is 9.59 Å². The van der Waals surface area contributed by atoms with E-state index in [1.165, 1.54) is 6.07 Å². The van der Waals surface area contributed by atoms with Crippen molar-refractivity contribution in [3.05, 3.63) is 46.2 Å². The number of H-pyrrole nitrogens is 1. The molecule has 1 aromatic carbocycles. The van der Waals surface area contributed by atoms with Crippen molar-refractivity contribution in [2.45, 2.75) is 32.4 Å². The number of primary amides is 1. The number of pyridine rings is 1. The molecule has 0 radical (unpaired) electrons. The van der Waals surface area contributed by atoms with Crippen LogP contribution in [0.1, 0.15) is 30.1 Å². The highest BCUT2D eigenvalue weighted by Gasteiger charge is 2.28. The number of aryl methyl sites for hydroxylation is 2. The van der Waals surface area contributed by atoms with Crippen molar-refractivity contribution < 1.29 is 19.1 Å². The lowest BCUT2D eigenvalue weighted by molar-refractivity contribution is 0.0373. The minimum Gasteiger partial charge on any atom is -0.494 e. The number of aromatic amines is 1. The molecular weight excluding hydrogens is 464 g/mol. The Balaban J connectivity index is 1.58. The van der Waals surface area contributed by atoms with Crippen LogP contribution in [0.4, 0.5) is 4.79 Å². The normalized spacial score (nSPS) is 16.0. The van der Waals surface area contributed by atoms with E-state index >= 15 is 0 Å². The van der Waals surface area contributed by atoms with Gasteiger partial charge >= 0.3 is 6.09 Å². The van der Waals surface area contributed by atoms with E-state index in [1.54, 1.807) is 30.2 Å². The Hall–Kier alpha value is -4.28. The summed E-state index contributed by atoms with van der Waals surface area (Å²) < 4.78 is 14.7. The second-order valence-electron chi connectivity index (χ2n) is 8.89. The van der Waals surface area contributed by atoms with E-state index in [-0.39, 0.29) is 18.0 Å². The van der Waals surface area contributed by atoms with Crippen molar-refractivity contribution in [2.24, 2.45) is 12.8 Å². The van der Waals surface area contributed by atoms with Gasteiger partial charge in [0.2, 0.25) is 5.56 Å². The molecule has 1 atom stereocenters. The Morgan fingerprint density at radius 3 is 2.78 bits per heavy atom. The Bertz CT molecular complexity index is 1550. The molecule has 2 amide bonds. The third-order valence-corrected chi connectivity index (χ3v) is 6.68. The van der Waals surface area contributed by atoms with Crippen LogP contribution < -0.4 is 16.0 Å². The average molecular weight is 493 g/mol. The summed E-state index contributed by atoms with van der Waals surface area (Å²) in [5, 5.41) is 0.902. The first kappa shape index (κ1) is 23.5. The summed E-state index contributed by atoms with van der Waals surface area (Å²) in [7, 11) is 3.45. The summed E-state index contributed by atoms with van der Waals surface area (Å²) in [6.45, 7) is 3.47. The number of hydrogen-bond acceptors (Lipinski definition) is 6. The third-order valence-electron chi connectivity index (χ3n) is 6.68. The summed E-state index contributed by atoms with van der Waals surface area (Å²) in [6.07, 6.45) is 0.109. The summed E-state index contributed by atoms with van der Waals surface area (Å²) in [5.41, 5.74) is 8.35. The zero-order chi connectivity index (χ0) is 25.6. The Labute approximate surface area is 206 Å². The van der Waals surface area contributed by atoms with E-state index in [2.05, 4.69) is 4.98 Å². The van der Waals surface area contributed by atoms with E-state index in [9.17, 15) is 14.4 Å². The van der Waals surface area contributed by atoms with E-state index in [0.717, 1.165) is 22.2 Å². The first-order valence-electron chi connectivity index (χ1n) is 11.8. The number of piperidine rings is 1. The zero-order valence-corrected chi connectivity index (χ0v) is 20.4. The molecule has 5 rings (SSSR count). The van der Waals surface area contributed by atoms with Gasteiger partial charge in [0.05, 0.1) is 24.9 Å². The number of nitrogens with two attached hydrogens (primary N) is 1. The van der Waals surface area contributed by atoms with Crippen LogP contribution in [-0.4, -0.2) is 62.3 Å². The van der Waals surface area contributed by atoms with E-state index in [4.69, 9.17) is 20.2 Å². The Morgan fingerprint density at radius 2 is 2.06 bits per heavy atom. The smallest absolute Gasteiger partial charge is 0.404 e. The number of carbonyl (C=O) groups is 2. The number of benzene rings is 1. The van der Waals surface area contributed by atoms with Crippen LogP contribution in [0.25, 0.3) is 33.6 Å². The van der Waals surface area contributed by atoms with Gasteiger partial charge < -0.3 is 34.2 Å². The fraction of sp³-hybridized carbons (Fsp3) is 0.360. The highest BCUT2D eigenvalue weighted by molar-refractivity contribution is 6.00. The molecule has 11 heteroatoms. The number of carbonyl (C=O) groups excluding carboxylic acids is 2. The van der Waals surface area contributed by atoms with Crippen LogP contribution in [0.5, 0.6) is 5.75 Å². The van der Waals surface area contributed by atoms with Crippen molar-refractivity contribution in [1.29, 1.82) is 0 Å². The molecule has 1 fully saturated rings. The number of aromatic nitrogens is 4. The minimum atomic E-state index is -0.841. The molecule has 0 bridgehead atoms. The molecule has 0 aliphatic carbocycles. The topological polar surface area (TPSA) is 137 Å². The second kappa shape index (κ2) is 9.06. The SMILES string of the molecule is CCn1c(-c2nc3cc(C(=O)N4CCCC(OC(N)=O)C4)cc(OC)c3n2C)cc2ccc(=O)[nH]c21. The lowest BCUT2D eigenvalue weighted by Crippen LogP contribution is -2.44. The molecule has 3 aromatic heterocycles. The quantitative estimate of drug-likeness (QED) is 0.439. The monoisotopic (exact) mass is 492 g/mol. The summed E-state index contributed by atoms with van der Waals surface area (Å²) in [5.74, 6) is 1.01. The maximum Gasteiger partial charge on any atom is 0.404 e. The van der Waals surface area contributed by atoms with Crippen molar-refractivity contribution in [3.63, 3.8) is 0 Å². The standard InChI is InChI=1S/C25H28N6O5/c1-4-31-18(11-14-7-8-20(32)28-22(14)31)23-27-17-10-15(12-19(35-3)21(17)29(23)2)24(33)30-9-5-6-16(13-30)36-25(26)34/h7-8,10-12,16H,4-6,9,13H2,1-3H3,(H2,26,34)(H,28,32). The van der Waals surface area contributed by atoms with Crippen molar-refractivity contribution >= 4 is 34.1 Å². The molecule has 36 heavy (non-hydrogen) atoms. The van der Waals surface area contributed by atoms with Crippen LogP contribution in [0.2, 0.25) is 0 Å². The van der Waals surface area contributed by atoms with Gasteiger partial charge in [0.15, 0.2) is 5.82 Å². The summed E-state index contributed by atoms with van der Waals surface area (Å²) >= 11 is 0. The van der Waals surface area contributed by atoms with Gasteiger partial charge in [-0.05, 0) is 44.0 Å². The van der Waals surface area contributed by atoms with Gasteiger partial charge in [0, 0.05) is 37.2 Å². The molecule has 1 aliphatic rings. The number of nitrogens with zero attached hydrogens (tertiary/aromatic N) is 4. The maximum absolute atomic E-state index is 13.4. The van der Waals surface area contributed by atoms with Gasteiger partial charge in [0.1, 0.15) is 23.0 Å². The first-order valence-corrected chi connectivity index (χ1v) is 11.8. The molecule has 4 aromatic rings. The van der Waals surface area contributed by atoms with Gasteiger partial charge in [-0.2, -0.15) is 0 Å².